The summed E-state index contributed by atoms with van der Waals surface area (Å²) < 4.78 is 6.39. The van der Waals surface area contributed by atoms with Gasteiger partial charge < -0.3 is 9.32 Å². The van der Waals surface area contributed by atoms with E-state index in [2.05, 4.69) is 199 Å². The highest BCUT2D eigenvalue weighted by atomic mass is 16.3. The summed E-state index contributed by atoms with van der Waals surface area (Å²) in [6.07, 6.45) is 0. The van der Waals surface area contributed by atoms with Crippen LogP contribution in [0.3, 0.4) is 0 Å². The van der Waals surface area contributed by atoms with Gasteiger partial charge in [-0.1, -0.05) is 152 Å². The molecule has 2 heteroatoms. The van der Waals surface area contributed by atoms with Gasteiger partial charge in [-0.2, -0.15) is 0 Å². The molecule has 1 aromatic heterocycles. The van der Waals surface area contributed by atoms with Crippen LogP contribution in [-0.4, -0.2) is 0 Å². The third-order valence-corrected chi connectivity index (χ3v) is 11.0. The Labute approximate surface area is 312 Å². The molecule has 0 amide bonds. The zero-order chi connectivity index (χ0) is 35.6. The van der Waals surface area contributed by atoms with Crippen LogP contribution in [0.1, 0.15) is 0 Å². The fourth-order valence-electron chi connectivity index (χ4n) is 8.70. The third kappa shape index (κ3) is 4.67. The lowest BCUT2D eigenvalue weighted by molar-refractivity contribution is 0.669. The van der Waals surface area contributed by atoms with E-state index in [9.17, 15) is 0 Å². The van der Waals surface area contributed by atoms with Gasteiger partial charge >= 0.3 is 0 Å². The lowest BCUT2D eigenvalue weighted by Crippen LogP contribution is -2.11. The zero-order valence-corrected chi connectivity index (χ0v) is 29.4. The first-order chi connectivity index (χ1) is 26.8. The molecule has 11 rings (SSSR count). The molecule has 2 nitrogen and oxygen atoms in total. The first-order valence-electron chi connectivity index (χ1n) is 18.5. The molecule has 0 radical (unpaired) electrons. The van der Waals surface area contributed by atoms with Gasteiger partial charge in [0.2, 0.25) is 0 Å². The van der Waals surface area contributed by atoms with E-state index in [1.165, 1.54) is 70.7 Å². The number of para-hydroxylation sites is 3. The molecule has 0 bridgehead atoms. The Morgan fingerprint density at radius 2 is 0.852 bits per heavy atom. The average Bonchev–Trinajstić information content (AvgIpc) is 3.63. The minimum Gasteiger partial charge on any atom is -0.456 e. The molecule has 0 aliphatic heterocycles. The van der Waals surface area contributed by atoms with Crippen LogP contribution in [0.5, 0.6) is 0 Å². The zero-order valence-electron chi connectivity index (χ0n) is 29.4. The summed E-state index contributed by atoms with van der Waals surface area (Å²) in [5, 5.41) is 12.2. The van der Waals surface area contributed by atoms with Crippen molar-refractivity contribution in [2.24, 2.45) is 0 Å². The van der Waals surface area contributed by atoms with E-state index in [0.29, 0.717) is 0 Å². The summed E-state index contributed by atoms with van der Waals surface area (Å²) in [6, 6.07) is 72.2. The molecule has 54 heavy (non-hydrogen) atoms. The Morgan fingerprint density at radius 3 is 1.69 bits per heavy atom. The van der Waals surface area contributed by atoms with E-state index in [1.807, 2.05) is 6.07 Å². The standard InChI is InChI=1S/C52H33NO/c1-2-16-36(17-3-1)53(37-30-28-35(29-31-37)39-23-12-15-34-14-4-5-18-38(34)39)47-26-10-8-19-40(47)41-24-13-25-43-45-32-33-49-52(46-22-9-11-27-48(46)54-49)51(45)44-21-7-6-20-42(44)50(41)43/h1-33H. The van der Waals surface area contributed by atoms with E-state index < -0.39 is 0 Å². The van der Waals surface area contributed by atoms with Gasteiger partial charge in [0, 0.05) is 33.1 Å². The van der Waals surface area contributed by atoms with Gasteiger partial charge in [-0.05, 0) is 103 Å². The lowest BCUT2D eigenvalue weighted by Gasteiger charge is -2.28. The van der Waals surface area contributed by atoms with Gasteiger partial charge in [0.1, 0.15) is 11.2 Å². The highest BCUT2D eigenvalue weighted by Gasteiger charge is 2.21. The van der Waals surface area contributed by atoms with Crippen LogP contribution in [0.4, 0.5) is 17.1 Å². The lowest BCUT2D eigenvalue weighted by atomic mass is 9.87. The Bertz CT molecular complexity index is 3180. The van der Waals surface area contributed by atoms with Gasteiger partial charge in [0.05, 0.1) is 5.69 Å². The van der Waals surface area contributed by atoms with Crippen molar-refractivity contribution in [1.29, 1.82) is 0 Å². The van der Waals surface area contributed by atoms with Gasteiger partial charge in [-0.25, -0.2) is 0 Å². The fraction of sp³-hybridized carbons (Fsp3) is 0. The second-order valence-corrected chi connectivity index (χ2v) is 14.0. The molecule has 0 fully saturated rings. The fourth-order valence-corrected chi connectivity index (χ4v) is 8.70. The SMILES string of the molecule is c1ccc(N(c2ccc(-c3cccc4ccccc34)cc2)c2ccccc2-c2cccc3c4ccc5oc6ccccc6c5c4c4ccccc4c23)cc1. The van der Waals surface area contributed by atoms with Gasteiger partial charge in [-0.15, -0.1) is 0 Å². The smallest absolute Gasteiger partial charge is 0.136 e. The van der Waals surface area contributed by atoms with Crippen LogP contribution >= 0.6 is 0 Å². The molecule has 0 saturated heterocycles. The average molecular weight is 688 g/mol. The molecule has 0 N–H and O–H groups in total. The first kappa shape index (κ1) is 30.5. The van der Waals surface area contributed by atoms with Crippen molar-refractivity contribution < 1.29 is 4.42 Å². The minimum absolute atomic E-state index is 0.915. The molecule has 0 atom stereocenters. The topological polar surface area (TPSA) is 16.4 Å². The quantitative estimate of drug-likeness (QED) is 0.168. The van der Waals surface area contributed by atoms with E-state index in [4.69, 9.17) is 4.42 Å². The summed E-state index contributed by atoms with van der Waals surface area (Å²) in [7, 11) is 0. The number of furan rings is 1. The van der Waals surface area contributed by atoms with Crippen molar-refractivity contribution in [3.8, 4) is 22.3 Å². The number of hydrogen-bond donors (Lipinski definition) is 0. The number of anilines is 3. The summed E-state index contributed by atoms with van der Waals surface area (Å²) in [5.74, 6) is 0. The summed E-state index contributed by atoms with van der Waals surface area (Å²) >= 11 is 0. The molecule has 11 aromatic rings. The Hall–Kier alpha value is -7.16. The number of hydrogen-bond acceptors (Lipinski definition) is 2. The van der Waals surface area contributed by atoms with Gasteiger partial charge in [0.25, 0.3) is 0 Å². The third-order valence-electron chi connectivity index (χ3n) is 11.0. The van der Waals surface area contributed by atoms with Crippen LogP contribution in [0.2, 0.25) is 0 Å². The first-order valence-corrected chi connectivity index (χ1v) is 18.5. The monoisotopic (exact) mass is 687 g/mol. The second kappa shape index (κ2) is 12.2. The van der Waals surface area contributed by atoms with Crippen molar-refractivity contribution in [1.82, 2.24) is 0 Å². The molecule has 0 aliphatic rings. The van der Waals surface area contributed by atoms with Gasteiger partial charge in [0.15, 0.2) is 0 Å². The highest BCUT2D eigenvalue weighted by Crippen LogP contribution is 2.48. The summed E-state index contributed by atoms with van der Waals surface area (Å²) in [5.41, 5.74) is 9.96. The Kier molecular flexibility index (Phi) is 6.90. The summed E-state index contributed by atoms with van der Waals surface area (Å²) in [4.78, 5) is 2.39. The van der Waals surface area contributed by atoms with E-state index in [1.54, 1.807) is 0 Å². The normalized spacial score (nSPS) is 11.7. The molecule has 10 aromatic carbocycles. The van der Waals surface area contributed by atoms with Crippen molar-refractivity contribution in [2.75, 3.05) is 4.90 Å². The maximum atomic E-state index is 6.39. The molecular weight excluding hydrogens is 655 g/mol. The Balaban J connectivity index is 1.15. The minimum atomic E-state index is 0.915. The van der Waals surface area contributed by atoms with Crippen molar-refractivity contribution in [2.45, 2.75) is 0 Å². The largest absolute Gasteiger partial charge is 0.456 e. The van der Waals surface area contributed by atoms with Crippen LogP contribution < -0.4 is 4.90 Å². The van der Waals surface area contributed by atoms with Crippen LogP contribution in [-0.2, 0) is 0 Å². The maximum Gasteiger partial charge on any atom is 0.136 e. The molecule has 0 aliphatic carbocycles. The summed E-state index contributed by atoms with van der Waals surface area (Å²) in [6.45, 7) is 0. The second-order valence-electron chi connectivity index (χ2n) is 14.0. The number of rotatable bonds is 5. The van der Waals surface area contributed by atoms with Crippen LogP contribution in [0, 0.1) is 0 Å². The highest BCUT2D eigenvalue weighted by molar-refractivity contribution is 6.36. The molecule has 0 spiro atoms. The molecule has 0 saturated carbocycles. The predicted molar refractivity (Wildman–Crippen MR) is 229 cm³/mol. The maximum absolute atomic E-state index is 6.39. The van der Waals surface area contributed by atoms with Crippen molar-refractivity contribution >= 4 is 82.1 Å². The Morgan fingerprint density at radius 1 is 0.296 bits per heavy atom. The van der Waals surface area contributed by atoms with Crippen LogP contribution in [0.15, 0.2) is 205 Å². The molecular formula is C52H33NO. The number of nitrogens with zero attached hydrogens (tertiary/aromatic N) is 1. The molecule has 1 heterocycles. The molecule has 252 valence electrons. The van der Waals surface area contributed by atoms with Gasteiger partial charge in [-0.3, -0.25) is 0 Å². The van der Waals surface area contributed by atoms with Crippen LogP contribution in [0.25, 0.3) is 87.3 Å². The van der Waals surface area contributed by atoms with E-state index in [-0.39, 0.29) is 0 Å². The number of benzene rings is 10. The predicted octanol–water partition coefficient (Wildman–Crippen LogP) is 15.0. The van der Waals surface area contributed by atoms with E-state index >= 15 is 0 Å². The van der Waals surface area contributed by atoms with E-state index in [0.717, 1.165) is 33.6 Å². The molecule has 0 unspecified atom stereocenters. The number of fused-ring (bicyclic) bond motifs is 11. The van der Waals surface area contributed by atoms with Crippen molar-refractivity contribution in [3.63, 3.8) is 0 Å². The van der Waals surface area contributed by atoms with Crippen molar-refractivity contribution in [3.05, 3.63) is 200 Å².